The second-order valence-corrected chi connectivity index (χ2v) is 8.66. The van der Waals surface area contributed by atoms with Gasteiger partial charge in [-0.3, -0.25) is 8.96 Å². The minimum Gasteiger partial charge on any atom is -0.354 e. The lowest BCUT2D eigenvalue weighted by atomic mass is 10.1. The Kier molecular flexibility index (Phi) is 6.23. The number of pyridine rings is 1. The summed E-state index contributed by atoms with van der Waals surface area (Å²) in [5.41, 5.74) is 3.91. The highest BCUT2D eigenvalue weighted by Crippen LogP contribution is 2.36. The number of hydrogen-bond acceptors (Lipinski definition) is 4. The van der Waals surface area contributed by atoms with Crippen molar-refractivity contribution in [3.63, 3.8) is 0 Å². The fourth-order valence-electron chi connectivity index (χ4n) is 3.04. The highest BCUT2D eigenvalue weighted by atomic mass is 35.5. The van der Waals surface area contributed by atoms with Gasteiger partial charge in [-0.1, -0.05) is 40.9 Å². The Balaban J connectivity index is 1.73. The van der Waals surface area contributed by atoms with Crippen molar-refractivity contribution in [1.82, 2.24) is 14.3 Å². The molecule has 0 atom stereocenters. The van der Waals surface area contributed by atoms with Gasteiger partial charge in [-0.15, -0.1) is 0 Å². The van der Waals surface area contributed by atoms with Crippen molar-refractivity contribution in [3.05, 3.63) is 81.7 Å². The molecule has 4 aromatic rings. The molecule has 29 heavy (non-hydrogen) atoms. The monoisotopic (exact) mass is 462 g/mol. The van der Waals surface area contributed by atoms with E-state index in [1.165, 1.54) is 10.9 Å². The lowest BCUT2D eigenvalue weighted by Gasteiger charge is -2.11. The maximum absolute atomic E-state index is 6.32. The third-order valence-corrected chi connectivity index (χ3v) is 6.33. The quantitative estimate of drug-likeness (QED) is 0.302. The molecule has 0 saturated carbocycles. The zero-order valence-corrected chi connectivity index (χ0v) is 18.5. The lowest BCUT2D eigenvalue weighted by Crippen LogP contribution is -2.04. The molecule has 0 fully saturated rings. The van der Waals surface area contributed by atoms with Crippen LogP contribution in [0.4, 0.5) is 11.4 Å². The number of rotatable bonds is 6. The van der Waals surface area contributed by atoms with Gasteiger partial charge in [0.15, 0.2) is 0 Å². The molecule has 0 saturated heterocycles. The van der Waals surface area contributed by atoms with Crippen LogP contribution in [0.2, 0.25) is 15.1 Å². The van der Waals surface area contributed by atoms with Crippen molar-refractivity contribution < 1.29 is 0 Å². The number of hydrogen-bond donors (Lipinski definition) is 2. The minimum absolute atomic E-state index is 0.427. The molecule has 0 aliphatic rings. The first-order chi connectivity index (χ1) is 14.0. The van der Waals surface area contributed by atoms with Crippen LogP contribution in [0.5, 0.6) is 0 Å². The summed E-state index contributed by atoms with van der Waals surface area (Å²) in [6.07, 6.45) is 5.77. The van der Waals surface area contributed by atoms with E-state index >= 15 is 0 Å². The van der Waals surface area contributed by atoms with Crippen molar-refractivity contribution in [3.8, 4) is 0 Å². The van der Waals surface area contributed by atoms with E-state index in [9.17, 15) is 0 Å². The summed E-state index contributed by atoms with van der Waals surface area (Å²) in [5, 5.41) is 9.14. The highest BCUT2D eigenvalue weighted by Gasteiger charge is 2.12. The van der Waals surface area contributed by atoms with E-state index in [2.05, 4.69) is 37.9 Å². The van der Waals surface area contributed by atoms with Crippen LogP contribution in [-0.4, -0.2) is 16.0 Å². The maximum Gasteiger partial charge on any atom is 0.0656 e. The van der Waals surface area contributed by atoms with Gasteiger partial charge in [-0.2, -0.15) is 0 Å². The summed E-state index contributed by atoms with van der Waals surface area (Å²) >= 11 is 20.1. The smallest absolute Gasteiger partial charge is 0.0656 e. The normalized spacial score (nSPS) is 11.2. The predicted octanol–water partition coefficient (Wildman–Crippen LogP) is 7.01. The molecule has 0 unspecified atom stereocenters. The molecule has 2 N–H and O–H groups in total. The molecule has 0 aliphatic carbocycles. The Morgan fingerprint density at radius 1 is 1.03 bits per heavy atom. The number of fused-ring (bicyclic) bond motifs is 1. The molecule has 148 valence electrons. The largest absolute Gasteiger partial charge is 0.354 e. The number of benzene rings is 2. The van der Waals surface area contributed by atoms with Crippen LogP contribution in [0.3, 0.4) is 0 Å². The van der Waals surface area contributed by atoms with Crippen LogP contribution in [0.1, 0.15) is 5.56 Å². The molecule has 0 bridgehead atoms. The van der Waals surface area contributed by atoms with Crippen molar-refractivity contribution in [2.45, 2.75) is 11.4 Å². The average Bonchev–Trinajstić information content (AvgIpc) is 3.04. The first kappa shape index (κ1) is 20.4. The fourth-order valence-corrected chi connectivity index (χ4v) is 4.54. The molecule has 2 heterocycles. The van der Waals surface area contributed by atoms with Gasteiger partial charge < -0.3 is 10.6 Å². The van der Waals surface area contributed by atoms with Crippen molar-refractivity contribution in [2.75, 3.05) is 12.4 Å². The third kappa shape index (κ3) is 4.49. The molecular formula is C21H17Cl3N4S. The van der Waals surface area contributed by atoms with Crippen LogP contribution in [0.15, 0.2) is 66.0 Å². The summed E-state index contributed by atoms with van der Waals surface area (Å²) in [4.78, 5) is 5.27. The van der Waals surface area contributed by atoms with Gasteiger partial charge in [0.25, 0.3) is 0 Å². The van der Waals surface area contributed by atoms with Gasteiger partial charge in [-0.25, -0.2) is 0 Å². The van der Waals surface area contributed by atoms with E-state index in [-0.39, 0.29) is 0 Å². The Bertz CT molecular complexity index is 1160. The first-order valence-corrected chi connectivity index (χ1v) is 10.7. The molecule has 0 amide bonds. The van der Waals surface area contributed by atoms with Gasteiger partial charge >= 0.3 is 0 Å². The SMILES string of the molecule is CNCc1cn(Sc2cccnc2)c2cc(Nc3cc(Cl)c(Cl)cc3Cl)ccc12. The van der Waals surface area contributed by atoms with Crippen molar-refractivity contribution in [2.24, 2.45) is 0 Å². The van der Waals surface area contributed by atoms with Crippen LogP contribution in [0.25, 0.3) is 10.9 Å². The minimum atomic E-state index is 0.427. The second kappa shape index (κ2) is 8.86. The van der Waals surface area contributed by atoms with Gasteiger partial charge in [0.2, 0.25) is 0 Å². The summed E-state index contributed by atoms with van der Waals surface area (Å²) in [6, 6.07) is 13.6. The third-order valence-electron chi connectivity index (χ3n) is 4.35. The molecule has 4 nitrogen and oxygen atoms in total. The zero-order chi connectivity index (χ0) is 20.4. The Labute approximate surface area is 188 Å². The average molecular weight is 464 g/mol. The van der Waals surface area contributed by atoms with Gasteiger partial charge in [0, 0.05) is 41.1 Å². The van der Waals surface area contributed by atoms with Crippen LogP contribution < -0.4 is 10.6 Å². The topological polar surface area (TPSA) is 41.9 Å². The lowest BCUT2D eigenvalue weighted by molar-refractivity contribution is 0.822. The van der Waals surface area contributed by atoms with Crippen molar-refractivity contribution in [1.29, 1.82) is 0 Å². The highest BCUT2D eigenvalue weighted by molar-refractivity contribution is 7.98. The Morgan fingerprint density at radius 2 is 1.86 bits per heavy atom. The van der Waals surface area contributed by atoms with E-state index in [1.54, 1.807) is 30.3 Å². The second-order valence-electron chi connectivity index (χ2n) is 6.39. The van der Waals surface area contributed by atoms with Gasteiger partial charge in [0.05, 0.1) is 26.3 Å². The number of nitrogens with one attached hydrogen (secondary N) is 2. The fraction of sp³-hybridized carbons (Fsp3) is 0.0952. The van der Waals surface area contributed by atoms with Crippen LogP contribution >= 0.6 is 46.8 Å². The predicted molar refractivity (Wildman–Crippen MR) is 125 cm³/mol. The maximum atomic E-state index is 6.32. The Hall–Kier alpha value is -1.89. The van der Waals surface area contributed by atoms with E-state index in [0.717, 1.165) is 22.6 Å². The van der Waals surface area contributed by atoms with Crippen LogP contribution in [0, 0.1) is 0 Å². The van der Waals surface area contributed by atoms with E-state index in [0.29, 0.717) is 20.8 Å². The zero-order valence-electron chi connectivity index (χ0n) is 15.4. The molecule has 0 aliphatic heterocycles. The molecule has 8 heteroatoms. The number of anilines is 2. The molecule has 2 aromatic heterocycles. The molecule has 0 spiro atoms. The first-order valence-electron chi connectivity index (χ1n) is 8.83. The summed E-state index contributed by atoms with van der Waals surface area (Å²) in [6.45, 7) is 0.780. The van der Waals surface area contributed by atoms with Crippen LogP contribution in [-0.2, 0) is 6.54 Å². The molecular weight excluding hydrogens is 447 g/mol. The summed E-state index contributed by atoms with van der Waals surface area (Å²) < 4.78 is 2.15. The van der Waals surface area contributed by atoms with E-state index < -0.39 is 0 Å². The number of halogens is 3. The van der Waals surface area contributed by atoms with E-state index in [1.807, 2.05) is 31.4 Å². The standard InChI is InChI=1S/C21H17Cl3N4S/c1-25-10-13-12-28(29-15-3-2-6-26-11-15)21-7-14(4-5-16(13)21)27-20-9-18(23)17(22)8-19(20)24/h2-9,11-12,25,27H,10H2,1H3. The Morgan fingerprint density at radius 3 is 2.62 bits per heavy atom. The summed E-state index contributed by atoms with van der Waals surface area (Å²) in [5.74, 6) is 0. The molecule has 0 radical (unpaired) electrons. The summed E-state index contributed by atoms with van der Waals surface area (Å²) in [7, 11) is 1.94. The van der Waals surface area contributed by atoms with Gasteiger partial charge in [0.1, 0.15) is 0 Å². The van der Waals surface area contributed by atoms with E-state index in [4.69, 9.17) is 34.8 Å². The number of nitrogens with zero attached hydrogens (tertiary/aromatic N) is 2. The molecule has 4 rings (SSSR count). The molecule has 2 aromatic carbocycles. The van der Waals surface area contributed by atoms with Gasteiger partial charge in [-0.05, 0) is 61.0 Å². The number of aromatic nitrogens is 2. The van der Waals surface area contributed by atoms with Crippen molar-refractivity contribution >= 4 is 69.0 Å².